The third kappa shape index (κ3) is 2.59. The molecular formula is C15H12BrClN2O2. The Morgan fingerprint density at radius 3 is 2.86 bits per heavy atom. The minimum atomic E-state index is -0.458. The van der Waals surface area contributed by atoms with Crippen LogP contribution in [-0.2, 0) is 4.79 Å². The first-order valence-electron chi connectivity index (χ1n) is 6.29. The van der Waals surface area contributed by atoms with Gasteiger partial charge in [0.05, 0.1) is 12.1 Å². The van der Waals surface area contributed by atoms with Crippen LogP contribution in [0.25, 0.3) is 0 Å². The molecule has 1 aliphatic rings. The van der Waals surface area contributed by atoms with Crippen LogP contribution in [0.5, 0.6) is 5.75 Å². The second-order valence-corrected chi connectivity index (χ2v) is 5.88. The minimum Gasteiger partial charge on any atom is -0.495 e. The monoisotopic (exact) mass is 366 g/mol. The van der Waals surface area contributed by atoms with Gasteiger partial charge in [0.1, 0.15) is 11.8 Å². The van der Waals surface area contributed by atoms with Crippen molar-refractivity contribution in [1.82, 2.24) is 0 Å². The Balaban J connectivity index is 1.93. The lowest BCUT2D eigenvalue weighted by Crippen LogP contribution is -2.19. The number of fused-ring (bicyclic) bond motifs is 1. The molecule has 1 amide bonds. The van der Waals surface area contributed by atoms with Gasteiger partial charge in [0.25, 0.3) is 5.91 Å². The van der Waals surface area contributed by atoms with Gasteiger partial charge in [0.2, 0.25) is 0 Å². The van der Waals surface area contributed by atoms with Gasteiger partial charge in [-0.15, -0.1) is 0 Å². The maximum Gasteiger partial charge on any atom is 0.251 e. The van der Waals surface area contributed by atoms with Crippen LogP contribution in [-0.4, -0.2) is 13.0 Å². The molecule has 1 atom stereocenters. The summed E-state index contributed by atoms with van der Waals surface area (Å²) in [6.45, 7) is 0. The lowest BCUT2D eigenvalue weighted by atomic mass is 10.1. The van der Waals surface area contributed by atoms with Crippen LogP contribution in [0.3, 0.4) is 0 Å². The van der Waals surface area contributed by atoms with Crippen molar-refractivity contribution in [2.45, 2.75) is 6.04 Å². The summed E-state index contributed by atoms with van der Waals surface area (Å²) in [6.07, 6.45) is 0. The first-order chi connectivity index (χ1) is 10.1. The molecule has 1 heterocycles. The Hall–Kier alpha value is -1.72. The van der Waals surface area contributed by atoms with Crippen LogP contribution in [0.2, 0.25) is 5.02 Å². The third-order valence-corrected chi connectivity index (χ3v) is 4.31. The predicted octanol–water partition coefficient (Wildman–Crippen LogP) is 4.22. The van der Waals surface area contributed by atoms with E-state index in [4.69, 9.17) is 16.3 Å². The van der Waals surface area contributed by atoms with Crippen molar-refractivity contribution in [2.24, 2.45) is 0 Å². The van der Waals surface area contributed by atoms with Gasteiger partial charge in [-0.2, -0.15) is 0 Å². The number of rotatable bonds is 3. The Morgan fingerprint density at radius 2 is 2.14 bits per heavy atom. The van der Waals surface area contributed by atoms with Gasteiger partial charge in [-0.3, -0.25) is 4.79 Å². The van der Waals surface area contributed by atoms with E-state index >= 15 is 0 Å². The van der Waals surface area contributed by atoms with Gasteiger partial charge in [-0.25, -0.2) is 0 Å². The molecule has 0 aliphatic carbocycles. The molecule has 0 aromatic heterocycles. The first-order valence-corrected chi connectivity index (χ1v) is 7.46. The number of ether oxygens (including phenoxy) is 1. The molecule has 2 N–H and O–H groups in total. The van der Waals surface area contributed by atoms with Crippen molar-refractivity contribution in [1.29, 1.82) is 0 Å². The van der Waals surface area contributed by atoms with Crippen LogP contribution < -0.4 is 15.4 Å². The molecule has 1 aliphatic heterocycles. The zero-order chi connectivity index (χ0) is 15.0. The fraction of sp³-hybridized carbons (Fsp3) is 0.133. The molecule has 0 radical (unpaired) electrons. The Morgan fingerprint density at radius 1 is 1.33 bits per heavy atom. The second-order valence-electron chi connectivity index (χ2n) is 4.62. The highest BCUT2D eigenvalue weighted by Crippen LogP contribution is 2.39. The van der Waals surface area contributed by atoms with Crippen molar-refractivity contribution < 1.29 is 9.53 Å². The molecule has 2 aromatic rings. The Kier molecular flexibility index (Phi) is 3.78. The fourth-order valence-electron chi connectivity index (χ4n) is 2.34. The Bertz CT molecular complexity index is 721. The molecule has 0 saturated carbocycles. The molecule has 3 rings (SSSR count). The molecule has 1 unspecified atom stereocenters. The van der Waals surface area contributed by atoms with E-state index in [0.717, 1.165) is 21.4 Å². The smallest absolute Gasteiger partial charge is 0.251 e. The minimum absolute atomic E-state index is 0.0937. The zero-order valence-corrected chi connectivity index (χ0v) is 13.5. The molecule has 0 bridgehead atoms. The van der Waals surface area contributed by atoms with Gasteiger partial charge in [0.15, 0.2) is 0 Å². The van der Waals surface area contributed by atoms with E-state index in [1.165, 1.54) is 0 Å². The number of nitrogens with one attached hydrogen (secondary N) is 2. The molecule has 2 aromatic carbocycles. The summed E-state index contributed by atoms with van der Waals surface area (Å²) < 4.78 is 6.00. The van der Waals surface area contributed by atoms with Crippen LogP contribution >= 0.6 is 27.5 Å². The van der Waals surface area contributed by atoms with Crippen molar-refractivity contribution in [3.8, 4) is 5.75 Å². The van der Waals surface area contributed by atoms with E-state index in [1.807, 2.05) is 24.3 Å². The molecular weight excluding hydrogens is 356 g/mol. The van der Waals surface area contributed by atoms with Crippen molar-refractivity contribution in [2.75, 3.05) is 17.7 Å². The lowest BCUT2D eigenvalue weighted by molar-refractivity contribution is -0.116. The topological polar surface area (TPSA) is 50.4 Å². The van der Waals surface area contributed by atoms with Crippen LogP contribution in [0.1, 0.15) is 11.6 Å². The number of carbonyl (C=O) groups excluding carboxylic acids is 1. The standard InChI is InChI=1S/C15H12BrClN2O2/c1-21-12-6-5-8(7-10(12)17)18-14-13-9(16)3-2-4-11(13)19-15(14)20/h2-7,14,18H,1H3,(H,19,20). The second kappa shape index (κ2) is 5.58. The molecule has 21 heavy (non-hydrogen) atoms. The van der Waals surface area contributed by atoms with Gasteiger partial charge in [-0.1, -0.05) is 33.6 Å². The van der Waals surface area contributed by atoms with E-state index in [9.17, 15) is 4.79 Å². The van der Waals surface area contributed by atoms with E-state index in [1.54, 1.807) is 19.2 Å². The third-order valence-electron chi connectivity index (χ3n) is 3.32. The summed E-state index contributed by atoms with van der Waals surface area (Å²) >= 11 is 9.60. The quantitative estimate of drug-likeness (QED) is 0.854. The Labute approximate surface area is 135 Å². The summed E-state index contributed by atoms with van der Waals surface area (Å²) in [4.78, 5) is 12.1. The summed E-state index contributed by atoms with van der Waals surface area (Å²) in [5.41, 5.74) is 2.46. The van der Waals surface area contributed by atoms with E-state index < -0.39 is 6.04 Å². The van der Waals surface area contributed by atoms with Crippen LogP contribution in [0.15, 0.2) is 40.9 Å². The van der Waals surface area contributed by atoms with Gasteiger partial charge >= 0.3 is 0 Å². The van der Waals surface area contributed by atoms with Gasteiger partial charge in [-0.05, 0) is 30.3 Å². The summed E-state index contributed by atoms with van der Waals surface area (Å²) in [6, 6.07) is 10.5. The first kappa shape index (κ1) is 14.2. The van der Waals surface area contributed by atoms with E-state index in [2.05, 4.69) is 26.6 Å². The number of benzene rings is 2. The number of anilines is 2. The van der Waals surface area contributed by atoms with Crippen LogP contribution in [0, 0.1) is 0 Å². The normalized spacial score (nSPS) is 16.3. The number of halogens is 2. The number of carbonyl (C=O) groups is 1. The van der Waals surface area contributed by atoms with E-state index in [0.29, 0.717) is 10.8 Å². The highest BCUT2D eigenvalue weighted by atomic mass is 79.9. The number of hydrogen-bond donors (Lipinski definition) is 2. The van der Waals surface area contributed by atoms with Crippen molar-refractivity contribution in [3.63, 3.8) is 0 Å². The highest BCUT2D eigenvalue weighted by molar-refractivity contribution is 9.10. The molecule has 0 fully saturated rings. The number of hydrogen-bond acceptors (Lipinski definition) is 3. The fourth-order valence-corrected chi connectivity index (χ4v) is 3.19. The summed E-state index contributed by atoms with van der Waals surface area (Å²) in [5, 5.41) is 6.55. The molecule has 0 saturated heterocycles. The summed E-state index contributed by atoms with van der Waals surface area (Å²) in [5.74, 6) is 0.503. The molecule has 0 spiro atoms. The maximum absolute atomic E-state index is 12.1. The molecule has 108 valence electrons. The zero-order valence-electron chi connectivity index (χ0n) is 11.1. The SMILES string of the molecule is COc1ccc(NC2C(=O)Nc3cccc(Br)c32)cc1Cl. The molecule has 6 heteroatoms. The molecule has 4 nitrogen and oxygen atoms in total. The van der Waals surface area contributed by atoms with Gasteiger partial charge in [0, 0.05) is 21.4 Å². The van der Waals surface area contributed by atoms with Gasteiger partial charge < -0.3 is 15.4 Å². The van der Waals surface area contributed by atoms with E-state index in [-0.39, 0.29) is 5.91 Å². The average Bonchev–Trinajstić information content (AvgIpc) is 2.77. The highest BCUT2D eigenvalue weighted by Gasteiger charge is 2.32. The number of amides is 1. The lowest BCUT2D eigenvalue weighted by Gasteiger charge is -2.15. The van der Waals surface area contributed by atoms with Crippen molar-refractivity contribution in [3.05, 3.63) is 51.5 Å². The summed E-state index contributed by atoms with van der Waals surface area (Å²) in [7, 11) is 1.56. The van der Waals surface area contributed by atoms with Crippen molar-refractivity contribution >= 4 is 44.8 Å². The van der Waals surface area contributed by atoms with Crippen LogP contribution in [0.4, 0.5) is 11.4 Å². The maximum atomic E-state index is 12.1. The predicted molar refractivity (Wildman–Crippen MR) is 87.1 cm³/mol. The average molecular weight is 368 g/mol. The largest absolute Gasteiger partial charge is 0.495 e. The number of methoxy groups -OCH3 is 1.